The molecule has 0 saturated carbocycles. The van der Waals surface area contributed by atoms with E-state index in [2.05, 4.69) is 21.2 Å². The van der Waals surface area contributed by atoms with Gasteiger partial charge >= 0.3 is 0 Å². The van der Waals surface area contributed by atoms with Crippen molar-refractivity contribution in [2.75, 3.05) is 49.2 Å². The van der Waals surface area contributed by atoms with Gasteiger partial charge in [-0.05, 0) is 32.4 Å². The van der Waals surface area contributed by atoms with Crippen LogP contribution in [0.1, 0.15) is 20.3 Å². The predicted octanol–water partition coefficient (Wildman–Crippen LogP) is 0.899. The summed E-state index contributed by atoms with van der Waals surface area (Å²) in [5.74, 6) is 1.04. The molecule has 0 spiro atoms. The van der Waals surface area contributed by atoms with Gasteiger partial charge < -0.3 is 15.0 Å². The highest BCUT2D eigenvalue weighted by Crippen LogP contribution is 2.29. The summed E-state index contributed by atoms with van der Waals surface area (Å²) in [6, 6.07) is 7.52. The molecular formula is C19H29N3O4S. The number of carbonyl (C=O) groups excluding carboxylic acids is 1. The number of benzene rings is 1. The number of nitrogens with one attached hydrogen (secondary N) is 1. The van der Waals surface area contributed by atoms with Gasteiger partial charge in [-0.2, -0.15) is 0 Å². The smallest absolute Gasteiger partial charge is 0.237 e. The number of hydrogen-bond donors (Lipinski definition) is 1. The number of nitrogens with zero attached hydrogens (tertiary/aromatic N) is 2. The van der Waals surface area contributed by atoms with Gasteiger partial charge in [0.25, 0.3) is 0 Å². The molecule has 1 aromatic carbocycles. The molecule has 27 heavy (non-hydrogen) atoms. The Hall–Kier alpha value is -1.80. The van der Waals surface area contributed by atoms with E-state index in [0.29, 0.717) is 13.0 Å². The predicted molar refractivity (Wildman–Crippen MR) is 106 cm³/mol. The van der Waals surface area contributed by atoms with Crippen LogP contribution in [0, 0.1) is 0 Å². The van der Waals surface area contributed by atoms with E-state index < -0.39 is 9.84 Å². The second kappa shape index (κ2) is 8.48. The summed E-state index contributed by atoms with van der Waals surface area (Å²) in [5.41, 5.74) is 1.09. The van der Waals surface area contributed by atoms with Crippen LogP contribution in [0.4, 0.5) is 5.69 Å². The molecule has 2 aliphatic rings. The second-order valence-corrected chi connectivity index (χ2v) is 9.44. The third-order valence-corrected chi connectivity index (χ3v) is 7.09. The molecule has 1 N–H and O–H groups in total. The van der Waals surface area contributed by atoms with E-state index in [9.17, 15) is 13.2 Å². The number of carbonyl (C=O) groups is 1. The van der Waals surface area contributed by atoms with Crippen molar-refractivity contribution >= 4 is 21.4 Å². The van der Waals surface area contributed by atoms with E-state index in [1.165, 1.54) is 0 Å². The fourth-order valence-electron chi connectivity index (χ4n) is 3.74. The molecule has 3 rings (SSSR count). The van der Waals surface area contributed by atoms with Crippen LogP contribution in [-0.2, 0) is 14.6 Å². The lowest BCUT2D eigenvalue weighted by molar-refractivity contribution is -0.126. The van der Waals surface area contributed by atoms with Crippen LogP contribution in [0.15, 0.2) is 24.3 Å². The molecule has 0 aromatic heterocycles. The third kappa shape index (κ3) is 4.93. The van der Waals surface area contributed by atoms with Gasteiger partial charge in [0.1, 0.15) is 5.75 Å². The Morgan fingerprint density at radius 2 is 1.96 bits per heavy atom. The van der Waals surface area contributed by atoms with Gasteiger partial charge in [-0.25, -0.2) is 8.42 Å². The number of sulfone groups is 1. The maximum atomic E-state index is 12.5. The molecule has 0 aliphatic carbocycles. The van der Waals surface area contributed by atoms with Crippen LogP contribution < -0.4 is 15.0 Å². The summed E-state index contributed by atoms with van der Waals surface area (Å²) < 4.78 is 28.8. The lowest BCUT2D eigenvalue weighted by Crippen LogP contribution is -2.55. The first kappa shape index (κ1) is 19.9. The number of ether oxygens (including phenoxy) is 1. The molecule has 0 radical (unpaired) electrons. The zero-order valence-electron chi connectivity index (χ0n) is 16.1. The highest BCUT2D eigenvalue weighted by Gasteiger charge is 2.32. The normalized spacial score (nSPS) is 23.8. The number of amides is 1. The van der Waals surface area contributed by atoms with Crippen molar-refractivity contribution in [2.45, 2.75) is 32.4 Å². The Morgan fingerprint density at radius 3 is 2.59 bits per heavy atom. The van der Waals surface area contributed by atoms with Crippen LogP contribution in [0.25, 0.3) is 0 Å². The van der Waals surface area contributed by atoms with Gasteiger partial charge in [0, 0.05) is 32.2 Å². The maximum Gasteiger partial charge on any atom is 0.237 e. The standard InChI is InChI=1S/C19H29N3O4S/c1-3-26-18-7-5-4-6-17(18)22-11-9-21(10-12-22)15(2)19(23)20-16-8-13-27(24,25)14-16/h4-7,15-16H,3,8-14H2,1-2H3,(H,20,23)/t15-,16+/m0/s1. The first-order valence-electron chi connectivity index (χ1n) is 9.61. The minimum atomic E-state index is -2.99. The molecule has 2 fully saturated rings. The van der Waals surface area contributed by atoms with E-state index in [4.69, 9.17) is 4.74 Å². The number of anilines is 1. The highest BCUT2D eigenvalue weighted by molar-refractivity contribution is 7.91. The molecule has 2 saturated heterocycles. The summed E-state index contributed by atoms with van der Waals surface area (Å²) in [6.07, 6.45) is 0.517. The average molecular weight is 396 g/mol. The van der Waals surface area contributed by atoms with E-state index in [-0.39, 0.29) is 29.5 Å². The zero-order chi connectivity index (χ0) is 19.4. The Morgan fingerprint density at radius 1 is 1.26 bits per heavy atom. The van der Waals surface area contributed by atoms with Crippen LogP contribution in [0.3, 0.4) is 0 Å². The molecule has 1 amide bonds. The Balaban J connectivity index is 1.53. The molecule has 8 heteroatoms. The van der Waals surface area contributed by atoms with Gasteiger partial charge in [0.15, 0.2) is 9.84 Å². The SMILES string of the molecule is CCOc1ccccc1N1CCN([C@@H](C)C(=O)N[C@@H]2CCS(=O)(=O)C2)CC1. The summed E-state index contributed by atoms with van der Waals surface area (Å²) in [5, 5.41) is 2.91. The fraction of sp³-hybridized carbons (Fsp3) is 0.632. The van der Waals surface area contributed by atoms with Crippen LogP contribution in [0.5, 0.6) is 5.75 Å². The van der Waals surface area contributed by atoms with Crippen LogP contribution in [0.2, 0.25) is 0 Å². The quantitative estimate of drug-likeness (QED) is 0.771. The minimum Gasteiger partial charge on any atom is -0.492 e. The van der Waals surface area contributed by atoms with Gasteiger partial charge in [0.05, 0.1) is 29.8 Å². The van der Waals surface area contributed by atoms with Crippen molar-refractivity contribution in [1.82, 2.24) is 10.2 Å². The molecule has 0 bridgehead atoms. The van der Waals surface area contributed by atoms with Gasteiger partial charge in [-0.1, -0.05) is 12.1 Å². The Kier molecular flexibility index (Phi) is 6.26. The van der Waals surface area contributed by atoms with Gasteiger partial charge in [0.2, 0.25) is 5.91 Å². The molecular weight excluding hydrogens is 366 g/mol. The Bertz CT molecular complexity index is 760. The number of rotatable bonds is 6. The van der Waals surface area contributed by atoms with E-state index in [0.717, 1.165) is 37.6 Å². The van der Waals surface area contributed by atoms with Crippen molar-refractivity contribution in [2.24, 2.45) is 0 Å². The first-order chi connectivity index (χ1) is 12.9. The van der Waals surface area contributed by atoms with Crippen LogP contribution in [-0.4, -0.2) is 75.6 Å². The minimum absolute atomic E-state index is 0.0629. The van der Waals surface area contributed by atoms with Crippen LogP contribution >= 0.6 is 0 Å². The Labute approximate surface area is 161 Å². The summed E-state index contributed by atoms with van der Waals surface area (Å²) in [7, 11) is -2.99. The molecule has 2 aliphatic heterocycles. The average Bonchev–Trinajstić information content (AvgIpc) is 3.00. The summed E-state index contributed by atoms with van der Waals surface area (Å²) in [6.45, 7) is 7.69. The monoisotopic (exact) mass is 395 g/mol. The topological polar surface area (TPSA) is 79.0 Å². The molecule has 7 nitrogen and oxygen atoms in total. The number of piperazine rings is 1. The van der Waals surface area contributed by atoms with Crippen molar-refractivity contribution in [3.8, 4) is 5.75 Å². The lowest BCUT2D eigenvalue weighted by atomic mass is 10.1. The largest absolute Gasteiger partial charge is 0.492 e. The molecule has 2 atom stereocenters. The van der Waals surface area contributed by atoms with Gasteiger partial charge in [-0.15, -0.1) is 0 Å². The van der Waals surface area contributed by atoms with Gasteiger partial charge in [-0.3, -0.25) is 9.69 Å². The van der Waals surface area contributed by atoms with E-state index in [1.807, 2.05) is 32.0 Å². The van der Waals surface area contributed by atoms with E-state index in [1.54, 1.807) is 0 Å². The fourth-order valence-corrected chi connectivity index (χ4v) is 5.42. The lowest BCUT2D eigenvalue weighted by Gasteiger charge is -2.39. The third-order valence-electron chi connectivity index (χ3n) is 5.33. The summed E-state index contributed by atoms with van der Waals surface area (Å²) >= 11 is 0. The molecule has 150 valence electrons. The first-order valence-corrected chi connectivity index (χ1v) is 11.4. The van der Waals surface area contributed by atoms with Crippen molar-refractivity contribution in [1.29, 1.82) is 0 Å². The van der Waals surface area contributed by atoms with Crippen molar-refractivity contribution in [3.63, 3.8) is 0 Å². The molecule has 1 aromatic rings. The zero-order valence-corrected chi connectivity index (χ0v) is 16.9. The van der Waals surface area contributed by atoms with E-state index >= 15 is 0 Å². The number of hydrogen-bond acceptors (Lipinski definition) is 6. The molecule has 2 heterocycles. The highest BCUT2D eigenvalue weighted by atomic mass is 32.2. The van der Waals surface area contributed by atoms with Crippen molar-refractivity contribution < 1.29 is 17.9 Å². The maximum absolute atomic E-state index is 12.5. The summed E-state index contributed by atoms with van der Waals surface area (Å²) in [4.78, 5) is 17.0. The molecule has 0 unspecified atom stereocenters. The number of para-hydroxylation sites is 2. The second-order valence-electron chi connectivity index (χ2n) is 7.21. The van der Waals surface area contributed by atoms with Crippen molar-refractivity contribution in [3.05, 3.63) is 24.3 Å².